The van der Waals surface area contributed by atoms with Gasteiger partial charge in [-0.3, -0.25) is 19.3 Å². The smallest absolute Gasteiger partial charge is 0.297 e. The standard InChI is InChI=1S/C13H11FN2O4/c1-15-11(18)12(19)16(13(15)20)7-10(17)6-8-2-4-9(14)5-3-8/h2-5H,6-7H2,1H3. The monoisotopic (exact) mass is 278 g/mol. The average molecular weight is 278 g/mol. The number of halogens is 1. The highest BCUT2D eigenvalue weighted by Crippen LogP contribution is 2.10. The van der Waals surface area contributed by atoms with Crippen molar-refractivity contribution in [1.29, 1.82) is 0 Å². The number of urea groups is 1. The van der Waals surface area contributed by atoms with Crippen LogP contribution in [-0.4, -0.2) is 47.0 Å². The second kappa shape index (κ2) is 5.20. The molecular weight excluding hydrogens is 267 g/mol. The molecule has 1 heterocycles. The number of ketones is 1. The van der Waals surface area contributed by atoms with Crippen molar-refractivity contribution in [3.63, 3.8) is 0 Å². The minimum atomic E-state index is -1.01. The summed E-state index contributed by atoms with van der Waals surface area (Å²) in [6, 6.07) is 4.50. The van der Waals surface area contributed by atoms with Gasteiger partial charge in [-0.2, -0.15) is 0 Å². The van der Waals surface area contributed by atoms with Crippen molar-refractivity contribution in [2.24, 2.45) is 0 Å². The molecule has 1 fully saturated rings. The quantitative estimate of drug-likeness (QED) is 0.588. The van der Waals surface area contributed by atoms with Crippen molar-refractivity contribution in [2.45, 2.75) is 6.42 Å². The van der Waals surface area contributed by atoms with Crippen molar-refractivity contribution in [3.8, 4) is 0 Å². The van der Waals surface area contributed by atoms with Gasteiger partial charge in [0, 0.05) is 13.5 Å². The summed E-state index contributed by atoms with van der Waals surface area (Å²) in [5, 5.41) is 0. The predicted molar refractivity (Wildman–Crippen MR) is 65.0 cm³/mol. The zero-order chi connectivity index (χ0) is 14.9. The van der Waals surface area contributed by atoms with E-state index in [1.165, 1.54) is 31.3 Å². The molecule has 7 heteroatoms. The van der Waals surface area contributed by atoms with Crippen LogP contribution in [0.25, 0.3) is 0 Å². The maximum Gasteiger partial charge on any atom is 0.334 e. The number of carbonyl (C=O) groups excluding carboxylic acids is 4. The van der Waals surface area contributed by atoms with Crippen molar-refractivity contribution in [1.82, 2.24) is 9.80 Å². The SMILES string of the molecule is CN1C(=O)C(=O)N(CC(=O)Cc2ccc(F)cc2)C1=O. The number of nitrogens with zero attached hydrogens (tertiary/aromatic N) is 2. The van der Waals surface area contributed by atoms with Crippen molar-refractivity contribution in [3.05, 3.63) is 35.6 Å². The first-order chi connectivity index (χ1) is 9.40. The van der Waals surface area contributed by atoms with Gasteiger partial charge in [0.1, 0.15) is 5.82 Å². The van der Waals surface area contributed by atoms with E-state index in [0.717, 1.165) is 0 Å². The van der Waals surface area contributed by atoms with Crippen LogP contribution < -0.4 is 0 Å². The van der Waals surface area contributed by atoms with E-state index in [0.29, 0.717) is 15.4 Å². The molecule has 0 N–H and O–H groups in total. The molecule has 0 aromatic heterocycles. The third-order valence-corrected chi connectivity index (χ3v) is 2.90. The van der Waals surface area contributed by atoms with Crippen molar-refractivity contribution < 1.29 is 23.6 Å². The summed E-state index contributed by atoms with van der Waals surface area (Å²) in [7, 11) is 1.17. The second-order valence-electron chi connectivity index (χ2n) is 4.38. The molecule has 104 valence electrons. The van der Waals surface area contributed by atoms with E-state index in [2.05, 4.69) is 0 Å². The summed E-state index contributed by atoms with van der Waals surface area (Å²) in [4.78, 5) is 47.4. The number of carbonyl (C=O) groups is 4. The van der Waals surface area contributed by atoms with E-state index >= 15 is 0 Å². The van der Waals surface area contributed by atoms with Crippen LogP contribution >= 0.6 is 0 Å². The minimum Gasteiger partial charge on any atom is -0.297 e. The fraction of sp³-hybridized carbons (Fsp3) is 0.231. The van der Waals surface area contributed by atoms with E-state index in [1.54, 1.807) is 0 Å². The molecule has 0 bridgehead atoms. The molecule has 1 aromatic rings. The molecule has 1 aliphatic rings. The van der Waals surface area contributed by atoms with Crippen LogP contribution in [0, 0.1) is 5.82 Å². The summed E-state index contributed by atoms with van der Waals surface area (Å²) in [5.74, 6) is -2.80. The zero-order valence-electron chi connectivity index (χ0n) is 10.6. The van der Waals surface area contributed by atoms with Gasteiger partial charge in [0.15, 0.2) is 5.78 Å². The van der Waals surface area contributed by atoms with E-state index < -0.39 is 36.0 Å². The Hall–Kier alpha value is -2.57. The van der Waals surface area contributed by atoms with Crippen LogP contribution in [0.4, 0.5) is 9.18 Å². The number of imide groups is 2. The highest BCUT2D eigenvalue weighted by atomic mass is 19.1. The van der Waals surface area contributed by atoms with Gasteiger partial charge in [0.05, 0.1) is 6.54 Å². The number of hydrogen-bond donors (Lipinski definition) is 0. The normalized spacial score (nSPS) is 15.2. The van der Waals surface area contributed by atoms with Gasteiger partial charge >= 0.3 is 17.8 Å². The molecule has 1 aromatic carbocycles. The Labute approximate surface area is 113 Å². The Kier molecular flexibility index (Phi) is 3.60. The van der Waals surface area contributed by atoms with Crippen LogP contribution in [0.3, 0.4) is 0 Å². The third-order valence-electron chi connectivity index (χ3n) is 2.90. The highest BCUT2D eigenvalue weighted by molar-refractivity contribution is 6.44. The first-order valence-corrected chi connectivity index (χ1v) is 5.80. The molecule has 2 rings (SSSR count). The number of benzene rings is 1. The lowest BCUT2D eigenvalue weighted by molar-refractivity contribution is -0.143. The fourth-order valence-electron chi connectivity index (χ4n) is 1.82. The molecule has 4 amide bonds. The molecule has 0 unspecified atom stereocenters. The summed E-state index contributed by atoms with van der Waals surface area (Å²) >= 11 is 0. The van der Waals surface area contributed by atoms with E-state index in [-0.39, 0.29) is 6.42 Å². The van der Waals surface area contributed by atoms with E-state index in [1.807, 2.05) is 0 Å². The molecule has 0 aliphatic carbocycles. The lowest BCUT2D eigenvalue weighted by Gasteiger charge is -2.11. The van der Waals surface area contributed by atoms with Gasteiger partial charge in [-0.15, -0.1) is 0 Å². The molecule has 0 radical (unpaired) electrons. The largest absolute Gasteiger partial charge is 0.334 e. The molecule has 20 heavy (non-hydrogen) atoms. The van der Waals surface area contributed by atoms with Crippen LogP contribution in [0.15, 0.2) is 24.3 Å². The number of Topliss-reactive ketones (excluding diaryl/α,β-unsaturated/α-hetero) is 1. The van der Waals surface area contributed by atoms with Gasteiger partial charge in [0.2, 0.25) is 0 Å². The topological polar surface area (TPSA) is 74.8 Å². The van der Waals surface area contributed by atoms with Gasteiger partial charge in [-0.25, -0.2) is 14.1 Å². The van der Waals surface area contributed by atoms with Crippen molar-refractivity contribution >= 4 is 23.6 Å². The van der Waals surface area contributed by atoms with Crippen LogP contribution in [-0.2, 0) is 20.8 Å². The predicted octanol–water partition coefficient (Wildman–Crippen LogP) is 0.358. The first-order valence-electron chi connectivity index (χ1n) is 5.80. The Morgan fingerprint density at radius 2 is 1.70 bits per heavy atom. The number of rotatable bonds is 4. The highest BCUT2D eigenvalue weighted by Gasteiger charge is 2.42. The molecule has 0 saturated carbocycles. The second-order valence-corrected chi connectivity index (χ2v) is 4.38. The van der Waals surface area contributed by atoms with Gasteiger partial charge < -0.3 is 0 Å². The third kappa shape index (κ3) is 2.56. The molecular formula is C13H11FN2O4. The summed E-state index contributed by atoms with van der Waals surface area (Å²) < 4.78 is 12.7. The Balaban J connectivity index is 2.02. The Morgan fingerprint density at radius 1 is 1.10 bits per heavy atom. The Bertz CT molecular complexity index is 597. The van der Waals surface area contributed by atoms with Crippen LogP contribution in [0.2, 0.25) is 0 Å². The van der Waals surface area contributed by atoms with Crippen molar-refractivity contribution in [2.75, 3.05) is 13.6 Å². The van der Waals surface area contributed by atoms with E-state index in [4.69, 9.17) is 0 Å². The first kappa shape index (κ1) is 13.9. The van der Waals surface area contributed by atoms with Gasteiger partial charge in [-0.1, -0.05) is 12.1 Å². The molecule has 0 atom stereocenters. The van der Waals surface area contributed by atoms with Gasteiger partial charge in [0.25, 0.3) is 0 Å². The lowest BCUT2D eigenvalue weighted by atomic mass is 10.1. The molecule has 6 nitrogen and oxygen atoms in total. The molecule has 1 aliphatic heterocycles. The van der Waals surface area contributed by atoms with Crippen LogP contribution in [0.5, 0.6) is 0 Å². The number of amides is 4. The lowest BCUT2D eigenvalue weighted by Crippen LogP contribution is -2.36. The Morgan fingerprint density at radius 3 is 2.20 bits per heavy atom. The van der Waals surface area contributed by atoms with E-state index in [9.17, 15) is 23.6 Å². The summed E-state index contributed by atoms with van der Waals surface area (Å²) in [6.07, 6.45) is -0.0464. The fourth-order valence-corrected chi connectivity index (χ4v) is 1.82. The van der Waals surface area contributed by atoms with Gasteiger partial charge in [-0.05, 0) is 17.7 Å². The molecule has 1 saturated heterocycles. The average Bonchev–Trinajstić information content (AvgIpc) is 2.59. The summed E-state index contributed by atoms with van der Waals surface area (Å²) in [5.41, 5.74) is 0.565. The number of hydrogen-bond acceptors (Lipinski definition) is 4. The minimum absolute atomic E-state index is 0.0464. The maximum atomic E-state index is 12.7. The summed E-state index contributed by atoms with van der Waals surface area (Å²) in [6.45, 7) is -0.467. The van der Waals surface area contributed by atoms with Crippen LogP contribution in [0.1, 0.15) is 5.56 Å². The molecule has 0 spiro atoms. The number of likely N-dealkylation sites (N-methyl/N-ethyl adjacent to an activating group) is 1. The zero-order valence-corrected chi connectivity index (χ0v) is 10.6. The maximum absolute atomic E-state index is 12.7.